The Hall–Kier alpha value is -2.00. The van der Waals surface area contributed by atoms with Crippen molar-refractivity contribution in [2.75, 3.05) is 6.54 Å². The fourth-order valence-electron chi connectivity index (χ4n) is 2.06. The highest BCUT2D eigenvalue weighted by molar-refractivity contribution is 5.32. The topological polar surface area (TPSA) is 44.5 Å². The molecule has 21 heavy (non-hydrogen) atoms. The Morgan fingerprint density at radius 2 is 1.52 bits per heavy atom. The predicted octanol–water partition coefficient (Wildman–Crippen LogP) is 3.77. The summed E-state index contributed by atoms with van der Waals surface area (Å²) >= 11 is 0. The molecule has 2 rings (SSSR count). The fourth-order valence-corrected chi connectivity index (χ4v) is 2.06. The summed E-state index contributed by atoms with van der Waals surface area (Å²) in [6.07, 6.45) is 0.819. The molecule has 3 heteroatoms. The van der Waals surface area contributed by atoms with E-state index in [9.17, 15) is 0 Å². The van der Waals surface area contributed by atoms with E-state index in [0.717, 1.165) is 23.5 Å². The van der Waals surface area contributed by atoms with Crippen molar-refractivity contribution < 1.29 is 9.47 Å². The van der Waals surface area contributed by atoms with Crippen molar-refractivity contribution in [3.8, 4) is 11.5 Å². The molecule has 2 aromatic carbocycles. The third-order valence-electron chi connectivity index (χ3n) is 3.21. The van der Waals surface area contributed by atoms with Crippen LogP contribution in [0.15, 0.2) is 54.6 Å². The summed E-state index contributed by atoms with van der Waals surface area (Å²) in [6.45, 7) is 5.27. The average molecular weight is 285 g/mol. The maximum Gasteiger partial charge on any atom is 0.120 e. The summed E-state index contributed by atoms with van der Waals surface area (Å²) in [4.78, 5) is 0. The number of nitrogens with two attached hydrogens (primary N) is 1. The van der Waals surface area contributed by atoms with Crippen LogP contribution in [0.3, 0.4) is 0 Å². The second-order valence-electron chi connectivity index (χ2n) is 5.65. The molecule has 0 unspecified atom stereocenters. The summed E-state index contributed by atoms with van der Waals surface area (Å²) in [5, 5.41) is 0. The molecule has 0 aromatic heterocycles. The van der Waals surface area contributed by atoms with Crippen molar-refractivity contribution >= 4 is 0 Å². The van der Waals surface area contributed by atoms with Crippen LogP contribution in [0.2, 0.25) is 0 Å². The lowest BCUT2D eigenvalue weighted by Crippen LogP contribution is -2.31. The molecule has 0 fully saturated rings. The number of ether oxygens (including phenoxy) is 2. The van der Waals surface area contributed by atoms with Crippen LogP contribution in [0.1, 0.15) is 25.8 Å². The minimum atomic E-state index is -0.249. The molecule has 0 aliphatic rings. The van der Waals surface area contributed by atoms with Crippen molar-refractivity contribution in [3.05, 3.63) is 60.2 Å². The number of benzene rings is 2. The zero-order valence-corrected chi connectivity index (χ0v) is 12.7. The molecule has 0 spiro atoms. The lowest BCUT2D eigenvalue weighted by molar-refractivity contribution is 0.102. The number of rotatable bonds is 7. The van der Waals surface area contributed by atoms with Gasteiger partial charge in [0.15, 0.2) is 0 Å². The standard InChI is InChI=1S/C18H23NO2/c1-18(2,12-13-19)21-17-10-8-16(9-11-17)20-14-15-6-4-3-5-7-15/h3-11H,12-14,19H2,1-2H3. The Kier molecular flexibility index (Phi) is 5.23. The lowest BCUT2D eigenvalue weighted by atomic mass is 10.1. The molecule has 0 heterocycles. The zero-order valence-electron chi connectivity index (χ0n) is 12.7. The Labute approximate surface area is 126 Å². The summed E-state index contributed by atoms with van der Waals surface area (Å²) in [6, 6.07) is 17.8. The largest absolute Gasteiger partial charge is 0.489 e. The van der Waals surface area contributed by atoms with Gasteiger partial charge in [0.25, 0.3) is 0 Å². The van der Waals surface area contributed by atoms with E-state index in [0.29, 0.717) is 13.2 Å². The second-order valence-corrected chi connectivity index (χ2v) is 5.65. The van der Waals surface area contributed by atoms with Crippen molar-refractivity contribution in [1.82, 2.24) is 0 Å². The van der Waals surface area contributed by atoms with Gasteiger partial charge in [-0.1, -0.05) is 30.3 Å². The van der Waals surface area contributed by atoms with E-state index in [1.54, 1.807) is 0 Å². The van der Waals surface area contributed by atoms with Crippen LogP contribution in [-0.2, 0) is 6.61 Å². The fraction of sp³-hybridized carbons (Fsp3) is 0.333. The van der Waals surface area contributed by atoms with Crippen LogP contribution >= 0.6 is 0 Å². The van der Waals surface area contributed by atoms with Gasteiger partial charge in [0.2, 0.25) is 0 Å². The van der Waals surface area contributed by atoms with Crippen LogP contribution in [0, 0.1) is 0 Å². The van der Waals surface area contributed by atoms with Gasteiger partial charge in [0, 0.05) is 0 Å². The first-order valence-electron chi connectivity index (χ1n) is 7.25. The SMILES string of the molecule is CC(C)(CCN)Oc1ccc(OCc2ccccc2)cc1. The third-order valence-corrected chi connectivity index (χ3v) is 3.21. The Bertz CT molecular complexity index is 535. The smallest absolute Gasteiger partial charge is 0.120 e. The molecule has 2 N–H and O–H groups in total. The molecule has 0 aliphatic heterocycles. The van der Waals surface area contributed by atoms with Gasteiger partial charge >= 0.3 is 0 Å². The quantitative estimate of drug-likeness (QED) is 0.842. The summed E-state index contributed by atoms with van der Waals surface area (Å²) in [5.41, 5.74) is 6.49. The summed E-state index contributed by atoms with van der Waals surface area (Å²) in [5.74, 6) is 1.67. The molecular formula is C18H23NO2. The minimum Gasteiger partial charge on any atom is -0.489 e. The van der Waals surface area contributed by atoms with Gasteiger partial charge in [-0.15, -0.1) is 0 Å². The van der Waals surface area contributed by atoms with E-state index in [-0.39, 0.29) is 5.60 Å². The highest BCUT2D eigenvalue weighted by atomic mass is 16.5. The lowest BCUT2D eigenvalue weighted by Gasteiger charge is -2.26. The summed E-state index contributed by atoms with van der Waals surface area (Å²) < 4.78 is 11.7. The van der Waals surface area contributed by atoms with Gasteiger partial charge in [-0.25, -0.2) is 0 Å². The highest BCUT2D eigenvalue weighted by Gasteiger charge is 2.18. The highest BCUT2D eigenvalue weighted by Crippen LogP contribution is 2.23. The van der Waals surface area contributed by atoms with Crippen LogP contribution in [0.25, 0.3) is 0 Å². The number of hydrogen-bond donors (Lipinski definition) is 1. The normalized spacial score (nSPS) is 11.2. The molecule has 0 aliphatic carbocycles. The maximum absolute atomic E-state index is 5.92. The first kappa shape index (κ1) is 15.4. The van der Waals surface area contributed by atoms with Gasteiger partial charge in [-0.2, -0.15) is 0 Å². The van der Waals surface area contributed by atoms with Crippen LogP contribution in [0.5, 0.6) is 11.5 Å². The Morgan fingerprint density at radius 1 is 0.905 bits per heavy atom. The Balaban J connectivity index is 1.90. The molecular weight excluding hydrogens is 262 g/mol. The first-order chi connectivity index (χ1) is 10.1. The van der Waals surface area contributed by atoms with Gasteiger partial charge < -0.3 is 15.2 Å². The molecule has 0 saturated carbocycles. The summed E-state index contributed by atoms with van der Waals surface area (Å²) in [7, 11) is 0. The molecule has 2 aromatic rings. The predicted molar refractivity (Wildman–Crippen MR) is 85.6 cm³/mol. The molecule has 0 atom stereocenters. The molecule has 0 bridgehead atoms. The Morgan fingerprint density at radius 3 is 2.14 bits per heavy atom. The minimum absolute atomic E-state index is 0.249. The van der Waals surface area contributed by atoms with E-state index < -0.39 is 0 Å². The van der Waals surface area contributed by atoms with E-state index in [4.69, 9.17) is 15.2 Å². The number of hydrogen-bond acceptors (Lipinski definition) is 3. The van der Waals surface area contributed by atoms with Gasteiger partial charge in [0.1, 0.15) is 23.7 Å². The zero-order chi connectivity index (χ0) is 15.1. The maximum atomic E-state index is 5.92. The molecule has 112 valence electrons. The third kappa shape index (κ3) is 5.12. The van der Waals surface area contributed by atoms with Crippen LogP contribution in [-0.4, -0.2) is 12.1 Å². The van der Waals surface area contributed by atoms with E-state index in [1.807, 2.05) is 68.4 Å². The molecule has 0 radical (unpaired) electrons. The second kappa shape index (κ2) is 7.14. The first-order valence-corrected chi connectivity index (χ1v) is 7.25. The van der Waals surface area contributed by atoms with Crippen LogP contribution < -0.4 is 15.2 Å². The monoisotopic (exact) mass is 285 g/mol. The van der Waals surface area contributed by atoms with Crippen molar-refractivity contribution in [3.63, 3.8) is 0 Å². The van der Waals surface area contributed by atoms with Crippen molar-refractivity contribution in [2.45, 2.75) is 32.5 Å². The van der Waals surface area contributed by atoms with E-state index in [1.165, 1.54) is 0 Å². The average Bonchev–Trinajstić information content (AvgIpc) is 2.47. The van der Waals surface area contributed by atoms with Crippen molar-refractivity contribution in [2.24, 2.45) is 5.73 Å². The van der Waals surface area contributed by atoms with E-state index >= 15 is 0 Å². The van der Waals surface area contributed by atoms with Crippen LogP contribution in [0.4, 0.5) is 0 Å². The molecule has 0 amide bonds. The van der Waals surface area contributed by atoms with Gasteiger partial charge in [0.05, 0.1) is 0 Å². The molecule has 0 saturated heterocycles. The van der Waals surface area contributed by atoms with Crippen molar-refractivity contribution in [1.29, 1.82) is 0 Å². The van der Waals surface area contributed by atoms with Gasteiger partial charge in [-0.05, 0) is 56.6 Å². The van der Waals surface area contributed by atoms with Gasteiger partial charge in [-0.3, -0.25) is 0 Å². The molecule has 3 nitrogen and oxygen atoms in total. The van der Waals surface area contributed by atoms with E-state index in [2.05, 4.69) is 0 Å².